The Morgan fingerprint density at radius 3 is 2.89 bits per heavy atom. The summed E-state index contributed by atoms with van der Waals surface area (Å²) in [6.45, 7) is 1.79. The minimum absolute atomic E-state index is 0.313. The van der Waals surface area contributed by atoms with Crippen LogP contribution in [0.4, 0.5) is 0 Å². The predicted octanol–water partition coefficient (Wildman–Crippen LogP) is 1.70. The van der Waals surface area contributed by atoms with Crippen LogP contribution in [0, 0.1) is 18.3 Å². The number of hydrogen-bond donors (Lipinski definition) is 1. The van der Waals surface area contributed by atoms with Crippen LogP contribution < -0.4 is 0 Å². The number of aromatic nitrogens is 5. The monoisotopic (exact) mass is 252 g/mol. The Labute approximate surface area is 108 Å². The van der Waals surface area contributed by atoms with Gasteiger partial charge in [-0.3, -0.25) is 0 Å². The van der Waals surface area contributed by atoms with E-state index in [4.69, 9.17) is 9.78 Å². The molecule has 0 spiro atoms. The molecule has 0 saturated carbocycles. The first-order valence-electron chi connectivity index (χ1n) is 5.49. The van der Waals surface area contributed by atoms with Crippen LogP contribution in [0.15, 0.2) is 28.9 Å². The first-order chi connectivity index (χ1) is 9.26. The third-order valence-electron chi connectivity index (χ3n) is 2.47. The quantitative estimate of drug-likeness (QED) is 0.744. The van der Waals surface area contributed by atoms with E-state index in [2.05, 4.69) is 25.1 Å². The van der Waals surface area contributed by atoms with Gasteiger partial charge in [0.1, 0.15) is 29.0 Å². The van der Waals surface area contributed by atoms with E-state index in [9.17, 15) is 0 Å². The van der Waals surface area contributed by atoms with Gasteiger partial charge in [-0.25, -0.2) is 9.97 Å². The molecule has 7 nitrogen and oxygen atoms in total. The van der Waals surface area contributed by atoms with E-state index < -0.39 is 0 Å². The lowest BCUT2D eigenvalue weighted by atomic mass is 10.4. The molecular formula is C12H8N6O. The molecule has 19 heavy (non-hydrogen) atoms. The second kappa shape index (κ2) is 4.34. The lowest BCUT2D eigenvalue weighted by Gasteiger charge is -1.93. The normalized spacial score (nSPS) is 10.3. The lowest BCUT2D eigenvalue weighted by Crippen LogP contribution is -1.91. The average Bonchev–Trinajstić information content (AvgIpc) is 3.07. The van der Waals surface area contributed by atoms with Crippen molar-refractivity contribution in [2.45, 2.75) is 6.92 Å². The molecule has 7 heteroatoms. The molecule has 0 unspecified atom stereocenters. The van der Waals surface area contributed by atoms with E-state index in [0.29, 0.717) is 34.6 Å². The van der Waals surface area contributed by atoms with E-state index in [1.54, 1.807) is 31.3 Å². The molecule has 3 aromatic heterocycles. The number of nitrogens with zero attached hydrogens (tertiary/aromatic N) is 5. The zero-order valence-corrected chi connectivity index (χ0v) is 9.95. The number of aryl methyl sites for hydroxylation is 1. The molecule has 0 atom stereocenters. The van der Waals surface area contributed by atoms with E-state index in [1.807, 2.05) is 6.07 Å². The molecule has 0 amide bonds. The molecular weight excluding hydrogens is 244 g/mol. The van der Waals surface area contributed by atoms with E-state index in [1.165, 1.54) is 0 Å². The number of H-pyrrole nitrogens is 1. The van der Waals surface area contributed by atoms with Crippen molar-refractivity contribution >= 4 is 0 Å². The van der Waals surface area contributed by atoms with Gasteiger partial charge in [-0.15, -0.1) is 0 Å². The first kappa shape index (κ1) is 11.1. The van der Waals surface area contributed by atoms with Crippen LogP contribution in [0.1, 0.15) is 11.5 Å². The van der Waals surface area contributed by atoms with Crippen molar-refractivity contribution in [1.29, 1.82) is 5.26 Å². The number of nitriles is 1. The molecule has 0 saturated heterocycles. The SMILES string of the molecule is Cc1nccc(-c2noc(-c3ccc(C#N)[nH]3)n2)n1. The van der Waals surface area contributed by atoms with E-state index >= 15 is 0 Å². The summed E-state index contributed by atoms with van der Waals surface area (Å²) in [7, 11) is 0. The van der Waals surface area contributed by atoms with Crippen molar-refractivity contribution < 1.29 is 4.52 Å². The summed E-state index contributed by atoms with van der Waals surface area (Å²) in [5.41, 5.74) is 1.63. The van der Waals surface area contributed by atoms with Crippen LogP contribution >= 0.6 is 0 Å². The van der Waals surface area contributed by atoms with Gasteiger partial charge in [-0.1, -0.05) is 5.16 Å². The molecule has 0 aliphatic heterocycles. The van der Waals surface area contributed by atoms with Crippen molar-refractivity contribution in [2.75, 3.05) is 0 Å². The van der Waals surface area contributed by atoms with Crippen molar-refractivity contribution in [2.24, 2.45) is 0 Å². The maximum atomic E-state index is 8.75. The smallest absolute Gasteiger partial charge is 0.274 e. The second-order valence-corrected chi connectivity index (χ2v) is 3.81. The molecule has 92 valence electrons. The number of nitrogens with one attached hydrogen (secondary N) is 1. The summed E-state index contributed by atoms with van der Waals surface area (Å²) in [6.07, 6.45) is 1.64. The Hall–Kier alpha value is -3.01. The molecule has 3 aromatic rings. The first-order valence-corrected chi connectivity index (χ1v) is 5.49. The molecule has 0 radical (unpaired) electrons. The van der Waals surface area contributed by atoms with Gasteiger partial charge < -0.3 is 9.51 Å². The molecule has 0 bridgehead atoms. The van der Waals surface area contributed by atoms with Gasteiger partial charge in [-0.2, -0.15) is 10.2 Å². The largest absolute Gasteiger partial charge is 0.342 e. The van der Waals surface area contributed by atoms with Gasteiger partial charge in [-0.05, 0) is 25.1 Å². The number of hydrogen-bond acceptors (Lipinski definition) is 6. The third-order valence-corrected chi connectivity index (χ3v) is 2.47. The summed E-state index contributed by atoms with van der Waals surface area (Å²) in [5, 5.41) is 12.6. The van der Waals surface area contributed by atoms with Crippen molar-refractivity contribution in [3.05, 3.63) is 35.9 Å². The van der Waals surface area contributed by atoms with Crippen molar-refractivity contribution in [1.82, 2.24) is 25.1 Å². The van der Waals surface area contributed by atoms with Gasteiger partial charge in [0.25, 0.3) is 5.89 Å². The fraction of sp³-hybridized carbons (Fsp3) is 0.0833. The van der Waals surface area contributed by atoms with Crippen LogP contribution in [0.2, 0.25) is 0 Å². The standard InChI is InChI=1S/C12H8N6O/c1-7-14-5-4-9(15-7)11-17-12(19-18-11)10-3-2-8(6-13)16-10/h2-5,16H,1H3. The molecule has 3 heterocycles. The molecule has 1 N–H and O–H groups in total. The highest BCUT2D eigenvalue weighted by Crippen LogP contribution is 2.20. The van der Waals surface area contributed by atoms with Gasteiger partial charge in [0.2, 0.25) is 5.82 Å². The zero-order chi connectivity index (χ0) is 13.2. The van der Waals surface area contributed by atoms with Crippen molar-refractivity contribution in [3.8, 4) is 29.2 Å². The average molecular weight is 252 g/mol. The number of aromatic amines is 1. The summed E-state index contributed by atoms with van der Waals surface area (Å²) in [6, 6.07) is 7.06. The highest BCUT2D eigenvalue weighted by molar-refractivity contribution is 5.55. The topological polar surface area (TPSA) is 104 Å². The Bertz CT molecular complexity index is 766. The van der Waals surface area contributed by atoms with Gasteiger partial charge in [0.15, 0.2) is 0 Å². The fourth-order valence-electron chi connectivity index (χ4n) is 1.60. The minimum Gasteiger partial charge on any atom is -0.342 e. The molecule has 3 rings (SSSR count). The summed E-state index contributed by atoms with van der Waals surface area (Å²) in [4.78, 5) is 15.3. The Balaban J connectivity index is 1.97. The van der Waals surface area contributed by atoms with E-state index in [0.717, 1.165) is 0 Å². The Morgan fingerprint density at radius 1 is 1.26 bits per heavy atom. The Kier molecular flexibility index (Phi) is 2.54. The molecule has 0 fully saturated rings. The molecule has 0 aromatic carbocycles. The molecule has 0 aliphatic carbocycles. The van der Waals surface area contributed by atoms with Crippen LogP contribution in [0.5, 0.6) is 0 Å². The Morgan fingerprint density at radius 2 is 2.16 bits per heavy atom. The highest BCUT2D eigenvalue weighted by atomic mass is 16.5. The second-order valence-electron chi connectivity index (χ2n) is 3.81. The fourth-order valence-corrected chi connectivity index (χ4v) is 1.60. The van der Waals surface area contributed by atoms with Gasteiger partial charge in [0, 0.05) is 6.20 Å². The zero-order valence-electron chi connectivity index (χ0n) is 9.95. The van der Waals surface area contributed by atoms with Gasteiger partial charge in [0.05, 0.1) is 0 Å². The molecule has 0 aliphatic rings. The van der Waals surface area contributed by atoms with Crippen LogP contribution in [-0.2, 0) is 0 Å². The summed E-state index contributed by atoms with van der Waals surface area (Å²) >= 11 is 0. The predicted molar refractivity (Wildman–Crippen MR) is 64.6 cm³/mol. The third kappa shape index (κ3) is 2.07. The summed E-state index contributed by atoms with van der Waals surface area (Å²) < 4.78 is 5.14. The number of rotatable bonds is 2. The van der Waals surface area contributed by atoms with Crippen LogP contribution in [-0.4, -0.2) is 25.1 Å². The highest BCUT2D eigenvalue weighted by Gasteiger charge is 2.13. The maximum absolute atomic E-state index is 8.75. The van der Waals surface area contributed by atoms with Crippen LogP contribution in [0.3, 0.4) is 0 Å². The van der Waals surface area contributed by atoms with Gasteiger partial charge >= 0.3 is 0 Å². The summed E-state index contributed by atoms with van der Waals surface area (Å²) in [5.74, 6) is 1.33. The maximum Gasteiger partial charge on any atom is 0.274 e. The van der Waals surface area contributed by atoms with E-state index in [-0.39, 0.29) is 0 Å². The minimum atomic E-state index is 0.313. The van der Waals surface area contributed by atoms with Crippen LogP contribution in [0.25, 0.3) is 23.1 Å². The lowest BCUT2D eigenvalue weighted by molar-refractivity contribution is 0.431. The van der Waals surface area contributed by atoms with Crippen molar-refractivity contribution in [3.63, 3.8) is 0 Å².